The molecular formula is C11H13NOS. The van der Waals surface area contributed by atoms with Gasteiger partial charge in [0.15, 0.2) is 0 Å². The van der Waals surface area contributed by atoms with E-state index >= 15 is 0 Å². The highest BCUT2D eigenvalue weighted by Gasteiger charge is 2.19. The zero-order valence-electron chi connectivity index (χ0n) is 8.32. The van der Waals surface area contributed by atoms with Gasteiger partial charge in [0.1, 0.15) is 0 Å². The third kappa shape index (κ3) is 1.53. The van der Waals surface area contributed by atoms with Crippen LogP contribution in [-0.2, 0) is 5.41 Å². The Morgan fingerprint density at radius 3 is 2.93 bits per heavy atom. The minimum absolute atomic E-state index is 0.163. The van der Waals surface area contributed by atoms with Gasteiger partial charge in [-0.2, -0.15) is 4.37 Å². The van der Waals surface area contributed by atoms with Crippen LogP contribution in [0.1, 0.15) is 19.4 Å². The number of aliphatic hydroxyl groups is 1. The number of aromatic nitrogens is 1. The fraction of sp³-hybridized carbons (Fsp3) is 0.364. The molecule has 14 heavy (non-hydrogen) atoms. The highest BCUT2D eigenvalue weighted by Crippen LogP contribution is 2.27. The average Bonchev–Trinajstić information content (AvgIpc) is 2.64. The molecule has 0 unspecified atom stereocenters. The number of fused-ring (bicyclic) bond motifs is 1. The van der Waals surface area contributed by atoms with Crippen molar-refractivity contribution in [3.63, 3.8) is 0 Å². The number of rotatable bonds is 2. The third-order valence-electron chi connectivity index (χ3n) is 2.53. The largest absolute Gasteiger partial charge is 0.395 e. The summed E-state index contributed by atoms with van der Waals surface area (Å²) in [5.74, 6) is 0. The predicted molar refractivity (Wildman–Crippen MR) is 59.7 cm³/mol. The van der Waals surface area contributed by atoms with Crippen LogP contribution in [0.3, 0.4) is 0 Å². The molecule has 3 heteroatoms. The minimum Gasteiger partial charge on any atom is -0.395 e. The molecule has 2 rings (SSSR count). The molecule has 1 heterocycles. The van der Waals surface area contributed by atoms with Crippen LogP contribution in [0.4, 0.5) is 0 Å². The van der Waals surface area contributed by atoms with Gasteiger partial charge in [0, 0.05) is 17.0 Å². The van der Waals surface area contributed by atoms with E-state index in [1.807, 2.05) is 20.0 Å². The first-order valence-corrected chi connectivity index (χ1v) is 5.36. The number of hydrogen-bond donors (Lipinski definition) is 1. The number of nitrogens with zero attached hydrogens (tertiary/aromatic N) is 1. The van der Waals surface area contributed by atoms with Crippen molar-refractivity contribution in [1.29, 1.82) is 0 Å². The van der Waals surface area contributed by atoms with Gasteiger partial charge in [0.25, 0.3) is 0 Å². The predicted octanol–water partition coefficient (Wildman–Crippen LogP) is 2.57. The maximum absolute atomic E-state index is 9.26. The van der Waals surface area contributed by atoms with Gasteiger partial charge in [-0.05, 0) is 29.2 Å². The summed E-state index contributed by atoms with van der Waals surface area (Å²) in [6, 6.07) is 6.24. The van der Waals surface area contributed by atoms with Crippen LogP contribution in [0.15, 0.2) is 24.4 Å². The summed E-state index contributed by atoms with van der Waals surface area (Å²) in [5.41, 5.74) is 0.989. The van der Waals surface area contributed by atoms with Crippen LogP contribution in [-0.4, -0.2) is 16.1 Å². The van der Waals surface area contributed by atoms with Crippen molar-refractivity contribution in [1.82, 2.24) is 4.37 Å². The van der Waals surface area contributed by atoms with Crippen molar-refractivity contribution < 1.29 is 5.11 Å². The number of benzene rings is 1. The maximum atomic E-state index is 9.26. The number of aliphatic hydroxyl groups excluding tert-OH is 1. The fourth-order valence-electron chi connectivity index (χ4n) is 1.38. The van der Waals surface area contributed by atoms with E-state index in [1.165, 1.54) is 16.2 Å². The van der Waals surface area contributed by atoms with Gasteiger partial charge in [-0.3, -0.25) is 0 Å². The van der Waals surface area contributed by atoms with Crippen LogP contribution in [0.5, 0.6) is 0 Å². The average molecular weight is 207 g/mol. The Bertz CT molecular complexity index is 447. The highest BCUT2D eigenvalue weighted by molar-refractivity contribution is 7.13. The number of hydrogen-bond acceptors (Lipinski definition) is 3. The van der Waals surface area contributed by atoms with Crippen LogP contribution >= 0.6 is 11.5 Å². The second-order valence-corrected chi connectivity index (χ2v) is 4.95. The smallest absolute Gasteiger partial charge is 0.0550 e. The summed E-state index contributed by atoms with van der Waals surface area (Å²) >= 11 is 1.50. The first-order chi connectivity index (χ1) is 6.63. The monoisotopic (exact) mass is 207 g/mol. The van der Waals surface area contributed by atoms with Crippen molar-refractivity contribution in [2.75, 3.05) is 6.61 Å². The summed E-state index contributed by atoms with van der Waals surface area (Å²) in [4.78, 5) is 0. The molecule has 0 aliphatic carbocycles. The standard InChI is InChI=1S/C11H13NOS/c1-11(2,7-13)9-3-4-10-8(5-9)6-12-14-10/h3-6,13H,7H2,1-2H3. The highest BCUT2D eigenvalue weighted by atomic mass is 32.1. The quantitative estimate of drug-likeness (QED) is 0.821. The Balaban J connectivity index is 2.53. The lowest BCUT2D eigenvalue weighted by atomic mass is 9.85. The first-order valence-electron chi connectivity index (χ1n) is 4.59. The second kappa shape index (κ2) is 3.33. The van der Waals surface area contributed by atoms with E-state index in [0.29, 0.717) is 0 Å². The molecule has 0 radical (unpaired) electrons. The molecule has 0 aliphatic rings. The maximum Gasteiger partial charge on any atom is 0.0550 e. The molecule has 1 aromatic carbocycles. The summed E-state index contributed by atoms with van der Waals surface area (Å²) in [7, 11) is 0. The Kier molecular flexibility index (Phi) is 2.29. The van der Waals surface area contributed by atoms with Gasteiger partial charge in [0.2, 0.25) is 0 Å². The summed E-state index contributed by atoms with van der Waals surface area (Å²) in [5, 5.41) is 10.4. The van der Waals surface area contributed by atoms with Gasteiger partial charge in [-0.15, -0.1) is 0 Å². The molecule has 1 N–H and O–H groups in total. The Morgan fingerprint density at radius 2 is 2.21 bits per heavy atom. The molecule has 0 atom stereocenters. The van der Waals surface area contributed by atoms with Crippen molar-refractivity contribution in [3.05, 3.63) is 30.0 Å². The topological polar surface area (TPSA) is 33.1 Å². The third-order valence-corrected chi connectivity index (χ3v) is 3.31. The van der Waals surface area contributed by atoms with Crippen LogP contribution < -0.4 is 0 Å². The fourth-order valence-corrected chi connectivity index (χ4v) is 2.01. The van der Waals surface area contributed by atoms with E-state index in [4.69, 9.17) is 0 Å². The Hall–Kier alpha value is -0.930. The van der Waals surface area contributed by atoms with Crippen molar-refractivity contribution >= 4 is 21.6 Å². The molecule has 74 valence electrons. The molecule has 2 aromatic rings. The Morgan fingerprint density at radius 1 is 1.43 bits per heavy atom. The molecule has 0 fully saturated rings. The lowest BCUT2D eigenvalue weighted by molar-refractivity contribution is 0.218. The molecular weight excluding hydrogens is 194 g/mol. The Labute approximate surface area is 87.4 Å². The zero-order chi connectivity index (χ0) is 10.2. The molecule has 1 aromatic heterocycles. The van der Waals surface area contributed by atoms with E-state index in [1.54, 1.807) is 0 Å². The van der Waals surface area contributed by atoms with Crippen LogP contribution in [0, 0.1) is 0 Å². The molecule has 0 aliphatic heterocycles. The molecule has 0 bridgehead atoms. The second-order valence-electron chi connectivity index (χ2n) is 4.12. The van der Waals surface area contributed by atoms with Crippen LogP contribution in [0.2, 0.25) is 0 Å². The normalized spacial score (nSPS) is 12.2. The molecule has 2 nitrogen and oxygen atoms in total. The van der Waals surface area contributed by atoms with E-state index in [2.05, 4.69) is 22.6 Å². The minimum atomic E-state index is -0.171. The summed E-state index contributed by atoms with van der Waals surface area (Å²) in [6.07, 6.45) is 1.87. The van der Waals surface area contributed by atoms with Gasteiger partial charge in [0.05, 0.1) is 11.3 Å². The summed E-state index contributed by atoms with van der Waals surface area (Å²) in [6.45, 7) is 4.23. The van der Waals surface area contributed by atoms with Crippen molar-refractivity contribution in [2.24, 2.45) is 0 Å². The SMILES string of the molecule is CC(C)(CO)c1ccc2sncc2c1. The van der Waals surface area contributed by atoms with Gasteiger partial charge >= 0.3 is 0 Å². The van der Waals surface area contributed by atoms with E-state index in [-0.39, 0.29) is 12.0 Å². The van der Waals surface area contributed by atoms with E-state index < -0.39 is 0 Å². The van der Waals surface area contributed by atoms with Gasteiger partial charge in [-0.1, -0.05) is 19.9 Å². The van der Waals surface area contributed by atoms with Crippen LogP contribution in [0.25, 0.3) is 10.1 Å². The zero-order valence-corrected chi connectivity index (χ0v) is 9.14. The van der Waals surface area contributed by atoms with Crippen molar-refractivity contribution in [3.8, 4) is 0 Å². The molecule has 0 saturated carbocycles. The summed E-state index contributed by atoms with van der Waals surface area (Å²) < 4.78 is 5.33. The first kappa shape index (κ1) is 9.62. The molecule has 0 spiro atoms. The molecule has 0 amide bonds. The van der Waals surface area contributed by atoms with E-state index in [0.717, 1.165) is 10.9 Å². The lowest BCUT2D eigenvalue weighted by Gasteiger charge is -2.22. The van der Waals surface area contributed by atoms with Gasteiger partial charge in [-0.25, -0.2) is 0 Å². The van der Waals surface area contributed by atoms with Crippen molar-refractivity contribution in [2.45, 2.75) is 19.3 Å². The van der Waals surface area contributed by atoms with Gasteiger partial charge < -0.3 is 5.11 Å². The lowest BCUT2D eigenvalue weighted by Crippen LogP contribution is -2.21. The molecule has 0 saturated heterocycles. The van der Waals surface area contributed by atoms with E-state index in [9.17, 15) is 5.11 Å².